The number of halogens is 1. The third-order valence-electron chi connectivity index (χ3n) is 4.97. The topological polar surface area (TPSA) is 25.2 Å². The predicted molar refractivity (Wildman–Crippen MR) is 87.4 cm³/mol. The highest BCUT2D eigenvalue weighted by molar-refractivity contribution is 9.10. The summed E-state index contributed by atoms with van der Waals surface area (Å²) in [6.45, 7) is 0. The standard InChI is InChI=1S/C18H20BrNO/c19-14-6-4-12(5-7-14)13-10-15(11-13)20-17-2-1-3-18-16(17)8-9-21-18/h4-9,13,15,17,20H,1-3,10-11H2. The van der Waals surface area contributed by atoms with E-state index in [1.165, 1.54) is 42.6 Å². The molecule has 0 bridgehead atoms. The fraction of sp³-hybridized carbons (Fsp3) is 0.444. The fourth-order valence-electron chi connectivity index (χ4n) is 3.71. The van der Waals surface area contributed by atoms with E-state index in [0.717, 1.165) is 16.8 Å². The van der Waals surface area contributed by atoms with E-state index >= 15 is 0 Å². The first-order valence-electron chi connectivity index (χ1n) is 7.87. The maximum atomic E-state index is 5.58. The summed E-state index contributed by atoms with van der Waals surface area (Å²) in [4.78, 5) is 0. The third kappa shape index (κ3) is 2.69. The largest absolute Gasteiger partial charge is 0.469 e. The molecular formula is C18H20BrNO. The van der Waals surface area contributed by atoms with Gasteiger partial charge in [0, 0.05) is 28.5 Å². The molecule has 110 valence electrons. The highest BCUT2D eigenvalue weighted by atomic mass is 79.9. The van der Waals surface area contributed by atoms with E-state index in [2.05, 4.69) is 51.6 Å². The predicted octanol–water partition coefficient (Wildman–Crippen LogP) is 4.96. The van der Waals surface area contributed by atoms with Gasteiger partial charge in [0.05, 0.1) is 6.26 Å². The van der Waals surface area contributed by atoms with Crippen molar-refractivity contribution in [3.63, 3.8) is 0 Å². The van der Waals surface area contributed by atoms with Crippen LogP contribution in [0.25, 0.3) is 0 Å². The average molecular weight is 346 g/mol. The molecule has 21 heavy (non-hydrogen) atoms. The van der Waals surface area contributed by atoms with Crippen LogP contribution in [0.4, 0.5) is 0 Å². The number of fused-ring (bicyclic) bond motifs is 1. The molecule has 0 amide bonds. The van der Waals surface area contributed by atoms with Gasteiger partial charge in [-0.15, -0.1) is 0 Å². The quantitative estimate of drug-likeness (QED) is 0.850. The van der Waals surface area contributed by atoms with Gasteiger partial charge in [0.2, 0.25) is 0 Å². The summed E-state index contributed by atoms with van der Waals surface area (Å²) in [6.07, 6.45) is 7.94. The summed E-state index contributed by atoms with van der Waals surface area (Å²) in [5, 5.41) is 3.84. The minimum Gasteiger partial charge on any atom is -0.469 e. The number of benzene rings is 1. The van der Waals surface area contributed by atoms with Gasteiger partial charge in [0.1, 0.15) is 5.76 Å². The summed E-state index contributed by atoms with van der Waals surface area (Å²) in [6, 6.07) is 12.1. The van der Waals surface area contributed by atoms with E-state index in [1.54, 1.807) is 0 Å². The van der Waals surface area contributed by atoms with Gasteiger partial charge >= 0.3 is 0 Å². The van der Waals surface area contributed by atoms with Crippen molar-refractivity contribution >= 4 is 15.9 Å². The fourth-order valence-corrected chi connectivity index (χ4v) is 3.97. The summed E-state index contributed by atoms with van der Waals surface area (Å²) in [5.41, 5.74) is 2.87. The summed E-state index contributed by atoms with van der Waals surface area (Å²) >= 11 is 3.50. The van der Waals surface area contributed by atoms with Crippen molar-refractivity contribution in [1.29, 1.82) is 0 Å². The Labute approximate surface area is 134 Å². The van der Waals surface area contributed by atoms with Crippen LogP contribution in [-0.2, 0) is 6.42 Å². The average Bonchev–Trinajstić information content (AvgIpc) is 2.93. The van der Waals surface area contributed by atoms with Gasteiger partial charge in [-0.05, 0) is 55.4 Å². The van der Waals surface area contributed by atoms with Crippen molar-refractivity contribution in [1.82, 2.24) is 5.32 Å². The number of rotatable bonds is 3. The molecule has 1 atom stereocenters. The zero-order valence-electron chi connectivity index (χ0n) is 12.0. The van der Waals surface area contributed by atoms with Gasteiger partial charge < -0.3 is 9.73 Å². The van der Waals surface area contributed by atoms with Crippen LogP contribution in [0.1, 0.15) is 54.5 Å². The van der Waals surface area contributed by atoms with Crippen LogP contribution in [0, 0.1) is 0 Å². The first-order chi connectivity index (χ1) is 10.3. The molecule has 1 heterocycles. The molecule has 0 radical (unpaired) electrons. The Balaban J connectivity index is 1.36. The van der Waals surface area contributed by atoms with Crippen LogP contribution in [0.3, 0.4) is 0 Å². The molecule has 1 saturated carbocycles. The van der Waals surface area contributed by atoms with Crippen LogP contribution >= 0.6 is 15.9 Å². The Bertz CT molecular complexity index is 612. The van der Waals surface area contributed by atoms with Crippen molar-refractivity contribution < 1.29 is 4.42 Å². The zero-order valence-corrected chi connectivity index (χ0v) is 13.6. The molecule has 0 aliphatic heterocycles. The molecule has 0 spiro atoms. The first kappa shape index (κ1) is 13.6. The van der Waals surface area contributed by atoms with Crippen LogP contribution < -0.4 is 5.32 Å². The Kier molecular flexibility index (Phi) is 3.64. The molecule has 2 aliphatic rings. The second kappa shape index (κ2) is 5.62. The summed E-state index contributed by atoms with van der Waals surface area (Å²) < 4.78 is 6.74. The molecular weight excluding hydrogens is 326 g/mol. The lowest BCUT2D eigenvalue weighted by molar-refractivity contribution is 0.252. The number of furan rings is 1. The van der Waals surface area contributed by atoms with Crippen molar-refractivity contribution in [2.24, 2.45) is 0 Å². The summed E-state index contributed by atoms with van der Waals surface area (Å²) in [5.74, 6) is 1.92. The maximum absolute atomic E-state index is 5.58. The lowest BCUT2D eigenvalue weighted by Crippen LogP contribution is -2.42. The number of hydrogen-bond donors (Lipinski definition) is 1. The van der Waals surface area contributed by atoms with E-state index < -0.39 is 0 Å². The minimum absolute atomic E-state index is 0.503. The lowest BCUT2D eigenvalue weighted by Gasteiger charge is -2.39. The Morgan fingerprint density at radius 2 is 1.90 bits per heavy atom. The molecule has 0 saturated heterocycles. The van der Waals surface area contributed by atoms with Gasteiger partial charge in [0.15, 0.2) is 0 Å². The second-order valence-corrected chi connectivity index (χ2v) is 7.24. The second-order valence-electron chi connectivity index (χ2n) is 6.33. The Morgan fingerprint density at radius 3 is 2.71 bits per heavy atom. The smallest absolute Gasteiger partial charge is 0.108 e. The number of aryl methyl sites for hydroxylation is 1. The van der Waals surface area contributed by atoms with Crippen LogP contribution in [-0.4, -0.2) is 6.04 Å². The van der Waals surface area contributed by atoms with Crippen molar-refractivity contribution in [3.05, 3.63) is 58.0 Å². The molecule has 1 unspecified atom stereocenters. The highest BCUT2D eigenvalue weighted by Crippen LogP contribution is 2.40. The van der Waals surface area contributed by atoms with E-state index in [4.69, 9.17) is 4.42 Å². The van der Waals surface area contributed by atoms with Gasteiger partial charge in [-0.1, -0.05) is 28.1 Å². The highest BCUT2D eigenvalue weighted by Gasteiger charge is 2.33. The Morgan fingerprint density at radius 1 is 1.10 bits per heavy atom. The van der Waals surface area contributed by atoms with E-state index in [1.807, 2.05) is 6.26 Å². The lowest BCUT2D eigenvalue weighted by atomic mass is 9.75. The monoisotopic (exact) mass is 345 g/mol. The van der Waals surface area contributed by atoms with E-state index in [9.17, 15) is 0 Å². The third-order valence-corrected chi connectivity index (χ3v) is 5.50. The SMILES string of the molecule is Brc1ccc(C2CC(NC3CCCc4occc43)C2)cc1. The number of nitrogens with one attached hydrogen (secondary N) is 1. The van der Waals surface area contributed by atoms with Gasteiger partial charge in [-0.3, -0.25) is 0 Å². The maximum Gasteiger partial charge on any atom is 0.108 e. The zero-order chi connectivity index (χ0) is 14.2. The normalized spacial score (nSPS) is 28.0. The van der Waals surface area contributed by atoms with Crippen molar-refractivity contribution in [3.8, 4) is 0 Å². The van der Waals surface area contributed by atoms with Crippen molar-refractivity contribution in [2.75, 3.05) is 0 Å². The summed E-state index contributed by atoms with van der Waals surface area (Å²) in [7, 11) is 0. The molecule has 2 aromatic rings. The molecule has 1 fully saturated rings. The van der Waals surface area contributed by atoms with Gasteiger partial charge in [-0.2, -0.15) is 0 Å². The number of hydrogen-bond acceptors (Lipinski definition) is 2. The van der Waals surface area contributed by atoms with Crippen LogP contribution in [0.2, 0.25) is 0 Å². The van der Waals surface area contributed by atoms with Gasteiger partial charge in [-0.25, -0.2) is 0 Å². The molecule has 1 N–H and O–H groups in total. The molecule has 1 aromatic carbocycles. The van der Waals surface area contributed by atoms with Crippen molar-refractivity contribution in [2.45, 2.75) is 50.1 Å². The van der Waals surface area contributed by atoms with Gasteiger partial charge in [0.25, 0.3) is 0 Å². The Hall–Kier alpha value is -1.06. The first-order valence-corrected chi connectivity index (χ1v) is 8.66. The molecule has 2 aliphatic carbocycles. The van der Waals surface area contributed by atoms with E-state index in [0.29, 0.717) is 12.1 Å². The van der Waals surface area contributed by atoms with E-state index in [-0.39, 0.29) is 0 Å². The molecule has 1 aromatic heterocycles. The van der Waals surface area contributed by atoms with Crippen LogP contribution in [0.15, 0.2) is 45.5 Å². The molecule has 4 rings (SSSR count). The minimum atomic E-state index is 0.503. The van der Waals surface area contributed by atoms with Crippen LogP contribution in [0.5, 0.6) is 0 Å². The molecule has 3 heteroatoms. The molecule has 2 nitrogen and oxygen atoms in total.